The molecule has 0 bridgehead atoms. The summed E-state index contributed by atoms with van der Waals surface area (Å²) < 4.78 is 32.8. The normalized spacial score (nSPS) is 15.9. The van der Waals surface area contributed by atoms with Crippen molar-refractivity contribution in [2.45, 2.75) is 26.2 Å². The maximum absolute atomic E-state index is 13.7. The Labute approximate surface area is 195 Å². The fraction of sp³-hybridized carbons (Fsp3) is 0.231. The molecule has 0 saturated carbocycles. The second-order valence-corrected chi connectivity index (χ2v) is 8.18. The molecule has 3 aromatic rings. The van der Waals surface area contributed by atoms with Gasteiger partial charge in [-0.2, -0.15) is 10.1 Å². The first kappa shape index (κ1) is 23.2. The average Bonchev–Trinajstić information content (AvgIpc) is 3.12. The molecule has 174 valence electrons. The van der Waals surface area contributed by atoms with Crippen molar-refractivity contribution in [3.63, 3.8) is 0 Å². The van der Waals surface area contributed by atoms with Crippen molar-refractivity contribution < 1.29 is 23.1 Å². The molecule has 2 aromatic carbocycles. The van der Waals surface area contributed by atoms with E-state index >= 15 is 0 Å². The second kappa shape index (κ2) is 9.13. The third-order valence-electron chi connectivity index (χ3n) is 5.67. The molecule has 1 unspecified atom stereocenters. The third-order valence-corrected chi connectivity index (χ3v) is 5.67. The zero-order valence-corrected chi connectivity index (χ0v) is 19.0. The molecule has 0 aliphatic carbocycles. The lowest BCUT2D eigenvalue weighted by Crippen LogP contribution is -2.33. The number of carbonyl (C=O) groups is 2. The van der Waals surface area contributed by atoms with Crippen LogP contribution >= 0.6 is 0 Å². The van der Waals surface area contributed by atoms with Gasteiger partial charge in [0.25, 0.3) is 11.8 Å². The summed E-state index contributed by atoms with van der Waals surface area (Å²) in [6.07, 6.45) is 3.19. The number of hydrazone groups is 1. The number of ether oxygens (including phenoxy) is 1. The van der Waals surface area contributed by atoms with E-state index in [4.69, 9.17) is 4.74 Å². The van der Waals surface area contributed by atoms with Gasteiger partial charge in [0.15, 0.2) is 5.78 Å². The summed E-state index contributed by atoms with van der Waals surface area (Å²) >= 11 is 0. The van der Waals surface area contributed by atoms with Gasteiger partial charge in [-0.3, -0.25) is 14.6 Å². The molecule has 4 rings (SSSR count). The SMILES string of the molecule is COc1ccc(N2N=C(C)C(C(=O)Cc3cccc(C(C)(F)F)c3)C2=O)cc1-c1cccnc1. The summed E-state index contributed by atoms with van der Waals surface area (Å²) in [7, 11) is 1.55. The van der Waals surface area contributed by atoms with E-state index in [0.29, 0.717) is 22.7 Å². The molecule has 34 heavy (non-hydrogen) atoms. The number of nitrogens with zero attached hydrogens (tertiary/aromatic N) is 3. The Morgan fingerprint density at radius 3 is 2.62 bits per heavy atom. The van der Waals surface area contributed by atoms with Crippen molar-refractivity contribution >= 4 is 23.1 Å². The van der Waals surface area contributed by atoms with Crippen molar-refractivity contribution in [1.82, 2.24) is 4.98 Å². The van der Waals surface area contributed by atoms with Crippen LogP contribution in [-0.4, -0.2) is 29.5 Å². The van der Waals surface area contributed by atoms with Gasteiger partial charge in [0.2, 0.25) is 0 Å². The van der Waals surface area contributed by atoms with Crippen LogP contribution in [0.2, 0.25) is 0 Å². The zero-order valence-electron chi connectivity index (χ0n) is 19.0. The van der Waals surface area contributed by atoms with Crippen LogP contribution in [0.1, 0.15) is 25.0 Å². The van der Waals surface area contributed by atoms with Crippen molar-refractivity contribution in [3.05, 3.63) is 78.1 Å². The Kier molecular flexibility index (Phi) is 6.24. The van der Waals surface area contributed by atoms with Crippen molar-refractivity contribution in [2.75, 3.05) is 12.1 Å². The number of aromatic nitrogens is 1. The highest BCUT2D eigenvalue weighted by Gasteiger charge is 2.39. The molecule has 0 fully saturated rings. The van der Waals surface area contributed by atoms with Gasteiger partial charge >= 0.3 is 0 Å². The van der Waals surface area contributed by atoms with E-state index in [1.54, 1.807) is 56.8 Å². The lowest BCUT2D eigenvalue weighted by Gasteiger charge is -2.17. The fourth-order valence-corrected chi connectivity index (χ4v) is 3.95. The number of pyridine rings is 1. The van der Waals surface area contributed by atoms with Gasteiger partial charge in [-0.15, -0.1) is 0 Å². The minimum Gasteiger partial charge on any atom is -0.496 e. The lowest BCUT2D eigenvalue weighted by atomic mass is 9.93. The number of Topliss-reactive ketones (excluding diaryl/α,β-unsaturated/α-hetero) is 1. The number of halogens is 2. The Balaban J connectivity index is 1.59. The molecule has 0 N–H and O–H groups in total. The smallest absolute Gasteiger partial charge is 0.270 e. The van der Waals surface area contributed by atoms with Crippen LogP contribution in [-0.2, 0) is 21.9 Å². The number of carbonyl (C=O) groups excluding carboxylic acids is 2. The average molecular weight is 463 g/mol. The Morgan fingerprint density at radius 2 is 1.94 bits per heavy atom. The summed E-state index contributed by atoms with van der Waals surface area (Å²) in [5.74, 6) is -4.37. The summed E-state index contributed by atoms with van der Waals surface area (Å²) in [5, 5.41) is 5.54. The highest BCUT2D eigenvalue weighted by atomic mass is 19.3. The van der Waals surface area contributed by atoms with E-state index < -0.39 is 23.5 Å². The Bertz CT molecular complexity index is 1270. The predicted molar refractivity (Wildman–Crippen MR) is 125 cm³/mol. The fourth-order valence-electron chi connectivity index (χ4n) is 3.95. The first-order chi connectivity index (χ1) is 16.2. The molecule has 1 amide bonds. The van der Waals surface area contributed by atoms with Crippen molar-refractivity contribution in [3.8, 4) is 16.9 Å². The topological polar surface area (TPSA) is 71.9 Å². The molecule has 1 aliphatic rings. The quantitative estimate of drug-likeness (QED) is 0.462. The van der Waals surface area contributed by atoms with Gasteiger partial charge in [-0.05, 0) is 42.8 Å². The maximum Gasteiger partial charge on any atom is 0.270 e. The molecular formula is C26H23F2N3O3. The van der Waals surface area contributed by atoms with Crippen molar-refractivity contribution in [1.29, 1.82) is 0 Å². The van der Waals surface area contributed by atoms with Gasteiger partial charge < -0.3 is 4.74 Å². The van der Waals surface area contributed by atoms with E-state index in [0.717, 1.165) is 18.1 Å². The van der Waals surface area contributed by atoms with Crippen LogP contribution in [0, 0.1) is 5.92 Å². The van der Waals surface area contributed by atoms with Gasteiger partial charge in [0.05, 0.1) is 18.5 Å². The largest absolute Gasteiger partial charge is 0.496 e. The van der Waals surface area contributed by atoms with Crippen LogP contribution in [0.25, 0.3) is 11.1 Å². The highest BCUT2D eigenvalue weighted by molar-refractivity contribution is 6.27. The number of alkyl halides is 2. The minimum absolute atomic E-state index is 0.148. The molecule has 0 saturated heterocycles. The Hall–Kier alpha value is -3.94. The number of benzene rings is 2. The van der Waals surface area contributed by atoms with E-state index in [1.165, 1.54) is 23.2 Å². The molecule has 0 radical (unpaired) electrons. The van der Waals surface area contributed by atoms with E-state index in [1.807, 2.05) is 6.07 Å². The number of rotatable bonds is 7. The zero-order chi connectivity index (χ0) is 24.5. The van der Waals surface area contributed by atoms with Crippen LogP contribution in [0.15, 0.2) is 72.1 Å². The molecule has 1 aliphatic heterocycles. The number of hydrogen-bond donors (Lipinski definition) is 0. The number of anilines is 1. The predicted octanol–water partition coefficient (Wildman–Crippen LogP) is 5.02. The van der Waals surface area contributed by atoms with Gasteiger partial charge in [-0.1, -0.05) is 24.3 Å². The standard InChI is InChI=1S/C26H23F2N3O3/c1-16-24(22(32)13-17-6-4-8-19(12-17)26(2,27)28)25(33)31(30-16)20-9-10-23(34-3)21(14-20)18-7-5-11-29-15-18/h4-12,14-15,24H,13H2,1-3H3. The van der Waals surface area contributed by atoms with Gasteiger partial charge in [-0.25, -0.2) is 8.78 Å². The molecule has 6 nitrogen and oxygen atoms in total. The van der Waals surface area contributed by atoms with Gasteiger partial charge in [0.1, 0.15) is 11.7 Å². The van der Waals surface area contributed by atoms with E-state index in [2.05, 4.69) is 10.1 Å². The highest BCUT2D eigenvalue weighted by Crippen LogP contribution is 2.35. The molecule has 1 aromatic heterocycles. The molecule has 8 heteroatoms. The maximum atomic E-state index is 13.7. The van der Waals surface area contributed by atoms with Crippen molar-refractivity contribution in [2.24, 2.45) is 11.0 Å². The molecular weight excluding hydrogens is 440 g/mol. The van der Waals surface area contributed by atoms with E-state index in [-0.39, 0.29) is 12.0 Å². The molecule has 1 atom stereocenters. The summed E-state index contributed by atoms with van der Waals surface area (Å²) in [6.45, 7) is 2.42. The van der Waals surface area contributed by atoms with Gasteiger partial charge in [0, 0.05) is 42.4 Å². The van der Waals surface area contributed by atoms with E-state index in [9.17, 15) is 18.4 Å². The molecule has 0 spiro atoms. The summed E-state index contributed by atoms with van der Waals surface area (Å²) in [5.41, 5.74) is 2.60. The third kappa shape index (κ3) is 4.57. The number of methoxy groups -OCH3 is 1. The second-order valence-electron chi connectivity index (χ2n) is 8.18. The van der Waals surface area contributed by atoms with Crippen LogP contribution in [0.3, 0.4) is 0 Å². The first-order valence-corrected chi connectivity index (χ1v) is 10.7. The Morgan fingerprint density at radius 1 is 1.15 bits per heavy atom. The monoisotopic (exact) mass is 463 g/mol. The number of ketones is 1. The van der Waals surface area contributed by atoms with Crippen LogP contribution in [0.5, 0.6) is 5.75 Å². The molecule has 2 heterocycles. The summed E-state index contributed by atoms with van der Waals surface area (Å²) in [6, 6.07) is 14.5. The lowest BCUT2D eigenvalue weighted by molar-refractivity contribution is -0.128. The number of amides is 1. The minimum atomic E-state index is -3.02. The first-order valence-electron chi connectivity index (χ1n) is 10.7. The van der Waals surface area contributed by atoms with Crippen LogP contribution in [0.4, 0.5) is 14.5 Å². The van der Waals surface area contributed by atoms with Crippen LogP contribution < -0.4 is 9.75 Å². The summed E-state index contributed by atoms with van der Waals surface area (Å²) in [4.78, 5) is 30.4. The number of hydrogen-bond acceptors (Lipinski definition) is 5.